The van der Waals surface area contributed by atoms with Gasteiger partial charge in [-0.2, -0.15) is 4.98 Å². The van der Waals surface area contributed by atoms with Crippen molar-refractivity contribution in [3.8, 4) is 22.9 Å². The number of benzene rings is 2. The largest absolute Gasteiger partial charge is 0.586 e. The van der Waals surface area contributed by atoms with Gasteiger partial charge in [0.15, 0.2) is 11.5 Å². The molecule has 1 amide bonds. The lowest BCUT2D eigenvalue weighted by molar-refractivity contribution is -0.286. The van der Waals surface area contributed by atoms with E-state index in [1.807, 2.05) is 31.2 Å². The van der Waals surface area contributed by atoms with Crippen LogP contribution in [0.2, 0.25) is 0 Å². The third-order valence-corrected chi connectivity index (χ3v) is 5.44. The first-order chi connectivity index (χ1) is 14.8. The maximum absolute atomic E-state index is 13.3. The molecule has 31 heavy (non-hydrogen) atoms. The summed E-state index contributed by atoms with van der Waals surface area (Å²) in [5.41, 5.74) is 1.06. The molecule has 1 fully saturated rings. The summed E-state index contributed by atoms with van der Waals surface area (Å²) < 4.78 is 40.7. The van der Waals surface area contributed by atoms with Crippen molar-refractivity contribution in [1.29, 1.82) is 0 Å². The van der Waals surface area contributed by atoms with Gasteiger partial charge in [0.1, 0.15) is 0 Å². The Labute approximate surface area is 175 Å². The zero-order valence-corrected chi connectivity index (χ0v) is 16.3. The number of nitrogens with zero attached hydrogens (tertiary/aromatic N) is 3. The van der Waals surface area contributed by atoms with Gasteiger partial charge in [0.25, 0.3) is 0 Å². The molecule has 10 heteroatoms. The number of rotatable bonds is 4. The van der Waals surface area contributed by atoms with E-state index in [1.54, 1.807) is 4.90 Å². The first kappa shape index (κ1) is 19.4. The van der Waals surface area contributed by atoms with Crippen molar-refractivity contribution in [2.75, 3.05) is 18.1 Å². The maximum atomic E-state index is 13.3. The lowest BCUT2D eigenvalue weighted by Crippen LogP contribution is -2.35. The number of aromatic nitrogens is 2. The number of amides is 1. The topological polar surface area (TPSA) is 97.9 Å². The van der Waals surface area contributed by atoms with Crippen LogP contribution in [0, 0.1) is 6.92 Å². The highest BCUT2D eigenvalue weighted by molar-refractivity contribution is 5.97. The molecule has 2 aliphatic rings. The molecule has 3 aromatic rings. The molecule has 2 aromatic carbocycles. The van der Waals surface area contributed by atoms with Crippen molar-refractivity contribution < 1.29 is 32.7 Å². The van der Waals surface area contributed by atoms with E-state index in [4.69, 9.17) is 4.52 Å². The van der Waals surface area contributed by atoms with Crippen LogP contribution in [0.25, 0.3) is 11.4 Å². The summed E-state index contributed by atoms with van der Waals surface area (Å²) in [6, 6.07) is 11.6. The van der Waals surface area contributed by atoms with Gasteiger partial charge in [0.05, 0.1) is 12.0 Å². The number of aryl methyl sites for hydroxylation is 1. The molecule has 0 spiro atoms. The normalized spacial score (nSPS) is 21.7. The highest BCUT2D eigenvalue weighted by Crippen LogP contribution is 2.43. The molecule has 0 aliphatic carbocycles. The molecule has 160 valence electrons. The van der Waals surface area contributed by atoms with Gasteiger partial charge < -0.3 is 24.0 Å². The summed E-state index contributed by atoms with van der Waals surface area (Å²) in [6.07, 6.45) is -3.74. The highest BCUT2D eigenvalue weighted by Gasteiger charge is 2.49. The number of aliphatic hydroxyl groups is 1. The van der Waals surface area contributed by atoms with Gasteiger partial charge in [0.2, 0.25) is 17.6 Å². The monoisotopic (exact) mass is 429 g/mol. The number of carbonyl (C=O) groups excluding carboxylic acids is 1. The standard InChI is InChI=1S/C21H17F2N3O5/c1-12-2-5-14(6-3-12)26-10-20(11-27,9-17(26)28)19-24-18(25-31-19)13-4-7-15-16(8-13)30-21(22,23)29-15/h2-8,27H,9-11H2,1H3. The quantitative estimate of drug-likeness (QED) is 0.681. The van der Waals surface area contributed by atoms with Gasteiger partial charge in [-0.15, -0.1) is 8.78 Å². The molecule has 1 unspecified atom stereocenters. The van der Waals surface area contributed by atoms with E-state index in [1.165, 1.54) is 18.2 Å². The third kappa shape index (κ3) is 3.28. The molecular weight excluding hydrogens is 412 g/mol. The Balaban J connectivity index is 1.43. The van der Waals surface area contributed by atoms with Crippen LogP contribution in [0.1, 0.15) is 17.9 Å². The Hall–Kier alpha value is -3.53. The summed E-state index contributed by atoms with van der Waals surface area (Å²) in [7, 11) is 0. The lowest BCUT2D eigenvalue weighted by atomic mass is 9.88. The zero-order chi connectivity index (χ0) is 21.8. The molecule has 0 saturated carbocycles. The van der Waals surface area contributed by atoms with Crippen LogP contribution >= 0.6 is 0 Å². The van der Waals surface area contributed by atoms with E-state index < -0.39 is 11.7 Å². The van der Waals surface area contributed by atoms with Crippen LogP contribution in [0.4, 0.5) is 14.5 Å². The van der Waals surface area contributed by atoms with Crippen LogP contribution < -0.4 is 14.4 Å². The first-order valence-electron chi connectivity index (χ1n) is 9.51. The number of hydrogen-bond acceptors (Lipinski definition) is 7. The fraction of sp³-hybridized carbons (Fsp3) is 0.286. The van der Waals surface area contributed by atoms with Gasteiger partial charge >= 0.3 is 6.29 Å². The van der Waals surface area contributed by atoms with Gasteiger partial charge in [-0.05, 0) is 37.3 Å². The third-order valence-electron chi connectivity index (χ3n) is 5.44. The summed E-state index contributed by atoms with van der Waals surface area (Å²) >= 11 is 0. The van der Waals surface area contributed by atoms with Crippen LogP contribution in [-0.2, 0) is 10.2 Å². The molecule has 0 bridgehead atoms. The Morgan fingerprint density at radius 3 is 2.61 bits per heavy atom. The summed E-state index contributed by atoms with van der Waals surface area (Å²) in [5.74, 6) is -0.212. The predicted octanol–water partition coefficient (Wildman–Crippen LogP) is 3.03. The number of anilines is 1. The number of halogens is 2. The van der Waals surface area contributed by atoms with Crippen LogP contribution in [-0.4, -0.2) is 40.6 Å². The van der Waals surface area contributed by atoms with Crippen molar-refractivity contribution in [3.63, 3.8) is 0 Å². The van der Waals surface area contributed by atoms with E-state index >= 15 is 0 Å². The first-order valence-corrected chi connectivity index (χ1v) is 9.51. The predicted molar refractivity (Wildman–Crippen MR) is 103 cm³/mol. The number of ether oxygens (including phenoxy) is 2. The molecule has 1 aromatic heterocycles. The highest BCUT2D eigenvalue weighted by atomic mass is 19.3. The number of fused-ring (bicyclic) bond motifs is 1. The van der Waals surface area contributed by atoms with Crippen molar-refractivity contribution >= 4 is 11.6 Å². The smallest absolute Gasteiger partial charge is 0.395 e. The van der Waals surface area contributed by atoms with Gasteiger partial charge in [-0.1, -0.05) is 22.9 Å². The van der Waals surface area contributed by atoms with E-state index in [-0.39, 0.29) is 48.7 Å². The maximum Gasteiger partial charge on any atom is 0.586 e. The summed E-state index contributed by atoms with van der Waals surface area (Å²) in [5, 5.41) is 14.0. The fourth-order valence-corrected chi connectivity index (χ4v) is 3.75. The minimum Gasteiger partial charge on any atom is -0.395 e. The van der Waals surface area contributed by atoms with E-state index in [0.717, 1.165) is 5.56 Å². The molecular formula is C21H17F2N3O5. The van der Waals surface area contributed by atoms with Crippen molar-refractivity contribution in [2.45, 2.75) is 25.1 Å². The van der Waals surface area contributed by atoms with Crippen LogP contribution in [0.3, 0.4) is 0 Å². The summed E-state index contributed by atoms with van der Waals surface area (Å²) in [6.45, 7) is 1.74. The van der Waals surface area contributed by atoms with E-state index in [9.17, 15) is 18.7 Å². The van der Waals surface area contributed by atoms with Crippen LogP contribution in [0.15, 0.2) is 47.0 Å². The summed E-state index contributed by atoms with van der Waals surface area (Å²) in [4.78, 5) is 18.6. The molecule has 8 nitrogen and oxygen atoms in total. The molecule has 5 rings (SSSR count). The molecule has 1 N–H and O–H groups in total. The lowest BCUT2D eigenvalue weighted by Gasteiger charge is -2.22. The Kier molecular flexibility index (Phi) is 4.23. The molecule has 3 heterocycles. The molecule has 1 saturated heterocycles. The Bertz CT molecular complexity index is 1160. The molecule has 0 radical (unpaired) electrons. The van der Waals surface area contributed by atoms with Crippen molar-refractivity contribution in [1.82, 2.24) is 10.1 Å². The SMILES string of the molecule is Cc1ccc(N2CC(CO)(c3nc(-c4ccc5c(c4)OC(F)(F)O5)no3)CC2=O)cc1. The number of carbonyl (C=O) groups is 1. The van der Waals surface area contributed by atoms with Crippen molar-refractivity contribution in [2.24, 2.45) is 0 Å². The average molecular weight is 429 g/mol. The van der Waals surface area contributed by atoms with Gasteiger partial charge in [0, 0.05) is 24.2 Å². The van der Waals surface area contributed by atoms with Gasteiger partial charge in [-0.25, -0.2) is 0 Å². The number of hydrogen-bond donors (Lipinski definition) is 1. The van der Waals surface area contributed by atoms with E-state index in [0.29, 0.717) is 11.3 Å². The van der Waals surface area contributed by atoms with Gasteiger partial charge in [-0.3, -0.25) is 4.79 Å². The second-order valence-corrected chi connectivity index (χ2v) is 7.68. The second-order valence-electron chi connectivity index (χ2n) is 7.68. The molecule has 1 atom stereocenters. The Morgan fingerprint density at radius 1 is 1.13 bits per heavy atom. The fourth-order valence-electron chi connectivity index (χ4n) is 3.75. The number of aliphatic hydroxyl groups excluding tert-OH is 1. The second kappa shape index (κ2) is 6.74. The zero-order valence-electron chi connectivity index (χ0n) is 16.3. The minimum atomic E-state index is -3.73. The van der Waals surface area contributed by atoms with E-state index in [2.05, 4.69) is 19.6 Å². The minimum absolute atomic E-state index is 0.00757. The van der Waals surface area contributed by atoms with Crippen molar-refractivity contribution in [3.05, 3.63) is 53.9 Å². The Morgan fingerprint density at radius 2 is 1.87 bits per heavy atom. The van der Waals surface area contributed by atoms with Crippen LogP contribution in [0.5, 0.6) is 11.5 Å². The average Bonchev–Trinajstić information content (AvgIpc) is 3.42. The molecule has 2 aliphatic heterocycles. The number of alkyl halides is 2.